The molecule has 0 amide bonds. The number of nitrogens with zero attached hydrogens (tertiary/aromatic N) is 2. The van der Waals surface area contributed by atoms with Crippen molar-refractivity contribution in [2.75, 3.05) is 18.6 Å². The van der Waals surface area contributed by atoms with Crippen molar-refractivity contribution >= 4 is 33.4 Å². The summed E-state index contributed by atoms with van der Waals surface area (Å²) >= 11 is 7.50. The van der Waals surface area contributed by atoms with Gasteiger partial charge in [0.05, 0.1) is 4.90 Å². The van der Waals surface area contributed by atoms with E-state index < -0.39 is 10.0 Å². The third kappa shape index (κ3) is 2.76. The second-order valence-electron chi connectivity index (χ2n) is 3.85. The van der Waals surface area contributed by atoms with Crippen molar-refractivity contribution in [2.45, 2.75) is 17.4 Å². The van der Waals surface area contributed by atoms with Gasteiger partial charge in [0, 0.05) is 25.0 Å². The molecule has 0 saturated carbocycles. The Labute approximate surface area is 110 Å². The second kappa shape index (κ2) is 5.14. The minimum atomic E-state index is -3.45. The summed E-state index contributed by atoms with van der Waals surface area (Å²) in [6.45, 7) is 0. The summed E-state index contributed by atoms with van der Waals surface area (Å²) in [5, 5.41) is 0.195. The monoisotopic (exact) mass is 292 g/mol. The summed E-state index contributed by atoms with van der Waals surface area (Å²) in [7, 11) is -1.82. The number of thioether (sulfide) groups is 1. The molecule has 4 nitrogen and oxygen atoms in total. The fourth-order valence-corrected chi connectivity index (χ4v) is 4.72. The number of hydrogen-bond acceptors (Lipinski definition) is 4. The predicted octanol–water partition coefficient (Wildman–Crippen LogP) is 1.86. The van der Waals surface area contributed by atoms with E-state index in [1.807, 2.05) is 0 Å². The average molecular weight is 293 g/mol. The van der Waals surface area contributed by atoms with Crippen molar-refractivity contribution in [1.82, 2.24) is 9.29 Å². The summed E-state index contributed by atoms with van der Waals surface area (Å²) in [4.78, 5) is 3.99. The van der Waals surface area contributed by atoms with Crippen LogP contribution in [0.5, 0.6) is 0 Å². The summed E-state index contributed by atoms with van der Waals surface area (Å²) in [6, 6.07) is 2.94. The fourth-order valence-electron chi connectivity index (χ4n) is 1.72. The van der Waals surface area contributed by atoms with Crippen LogP contribution in [0.2, 0.25) is 5.15 Å². The van der Waals surface area contributed by atoms with Crippen LogP contribution in [0.1, 0.15) is 6.42 Å². The van der Waals surface area contributed by atoms with Gasteiger partial charge in [0.25, 0.3) is 0 Å². The molecule has 1 atom stereocenters. The van der Waals surface area contributed by atoms with Crippen LogP contribution in [0.25, 0.3) is 0 Å². The molecule has 1 saturated heterocycles. The van der Waals surface area contributed by atoms with Gasteiger partial charge in [0.15, 0.2) is 0 Å². The molecule has 94 valence electrons. The summed E-state index contributed by atoms with van der Waals surface area (Å²) in [6.07, 6.45) is 2.31. The van der Waals surface area contributed by atoms with Crippen molar-refractivity contribution in [3.63, 3.8) is 0 Å². The van der Waals surface area contributed by atoms with Gasteiger partial charge in [0.2, 0.25) is 10.0 Å². The van der Waals surface area contributed by atoms with Crippen LogP contribution in [0.4, 0.5) is 0 Å². The van der Waals surface area contributed by atoms with Crippen molar-refractivity contribution in [3.8, 4) is 0 Å². The molecule has 0 N–H and O–H groups in total. The standard InChI is InChI=1S/C10H13ClN2O2S2/c1-13(8-3-5-16-7-8)17(14,15)9-2-4-12-10(11)6-9/h2,4,6,8H,3,5,7H2,1H3. The first kappa shape index (κ1) is 13.1. The highest BCUT2D eigenvalue weighted by Gasteiger charge is 2.30. The van der Waals surface area contributed by atoms with Gasteiger partial charge in [0.1, 0.15) is 5.15 Å². The lowest BCUT2D eigenvalue weighted by atomic mass is 10.3. The Morgan fingerprint density at radius 2 is 2.35 bits per heavy atom. The second-order valence-corrected chi connectivity index (χ2v) is 7.39. The van der Waals surface area contributed by atoms with E-state index >= 15 is 0 Å². The van der Waals surface area contributed by atoms with Crippen molar-refractivity contribution in [1.29, 1.82) is 0 Å². The summed E-state index contributed by atoms with van der Waals surface area (Å²) in [5.41, 5.74) is 0. The Balaban J connectivity index is 2.29. The minimum Gasteiger partial charge on any atom is -0.244 e. The van der Waals surface area contributed by atoms with E-state index in [9.17, 15) is 8.42 Å². The molecule has 1 aliphatic rings. The van der Waals surface area contributed by atoms with Gasteiger partial charge in [-0.25, -0.2) is 13.4 Å². The molecule has 1 aliphatic heterocycles. The van der Waals surface area contributed by atoms with E-state index in [0.717, 1.165) is 17.9 Å². The average Bonchev–Trinajstić information content (AvgIpc) is 2.81. The van der Waals surface area contributed by atoms with Gasteiger partial charge >= 0.3 is 0 Å². The number of pyridine rings is 1. The molecule has 2 rings (SSSR count). The normalized spacial score (nSPS) is 21.0. The third-order valence-electron chi connectivity index (χ3n) is 2.79. The largest absolute Gasteiger partial charge is 0.244 e. The molecule has 1 fully saturated rings. The Kier molecular flexibility index (Phi) is 3.97. The molecule has 1 aromatic rings. The van der Waals surface area contributed by atoms with E-state index in [1.54, 1.807) is 18.8 Å². The molecule has 0 radical (unpaired) electrons. The lowest BCUT2D eigenvalue weighted by Crippen LogP contribution is -2.36. The zero-order chi connectivity index (χ0) is 12.5. The predicted molar refractivity (Wildman–Crippen MR) is 69.9 cm³/mol. The van der Waals surface area contributed by atoms with Crippen LogP contribution < -0.4 is 0 Å². The molecule has 2 heterocycles. The van der Waals surface area contributed by atoms with Crippen molar-refractivity contribution in [2.24, 2.45) is 0 Å². The maximum atomic E-state index is 12.3. The quantitative estimate of drug-likeness (QED) is 0.798. The van der Waals surface area contributed by atoms with Crippen LogP contribution in [0.15, 0.2) is 23.2 Å². The van der Waals surface area contributed by atoms with Gasteiger partial charge in [-0.2, -0.15) is 16.1 Å². The van der Waals surface area contributed by atoms with Gasteiger partial charge in [-0.1, -0.05) is 11.6 Å². The van der Waals surface area contributed by atoms with Crippen molar-refractivity contribution < 1.29 is 8.42 Å². The van der Waals surface area contributed by atoms with E-state index in [2.05, 4.69) is 4.98 Å². The van der Waals surface area contributed by atoms with E-state index in [0.29, 0.717) is 0 Å². The van der Waals surface area contributed by atoms with Crippen LogP contribution in [-0.2, 0) is 10.0 Å². The fraction of sp³-hybridized carbons (Fsp3) is 0.500. The molecule has 1 aromatic heterocycles. The molecule has 1 unspecified atom stereocenters. The Bertz CT molecular complexity index is 501. The number of rotatable bonds is 3. The number of halogens is 1. The molecule has 7 heteroatoms. The van der Waals surface area contributed by atoms with Gasteiger partial charge in [-0.05, 0) is 24.3 Å². The Hall–Kier alpha value is -0.300. The first-order valence-corrected chi connectivity index (χ1v) is 8.16. The minimum absolute atomic E-state index is 0.0805. The molecule has 0 bridgehead atoms. The van der Waals surface area contributed by atoms with Gasteiger partial charge in [-0.3, -0.25) is 0 Å². The van der Waals surface area contributed by atoms with Gasteiger partial charge in [-0.15, -0.1) is 0 Å². The van der Waals surface area contributed by atoms with E-state index in [-0.39, 0.29) is 16.1 Å². The first-order chi connectivity index (χ1) is 8.01. The Morgan fingerprint density at radius 3 is 2.94 bits per heavy atom. The van der Waals surface area contributed by atoms with E-state index in [4.69, 9.17) is 11.6 Å². The van der Waals surface area contributed by atoms with Crippen LogP contribution >= 0.6 is 23.4 Å². The molecule has 0 aromatic carbocycles. The maximum Gasteiger partial charge on any atom is 0.243 e. The molecule has 0 aliphatic carbocycles. The molecular formula is C10H13ClN2O2S2. The first-order valence-electron chi connectivity index (χ1n) is 5.19. The number of aromatic nitrogens is 1. The lowest BCUT2D eigenvalue weighted by Gasteiger charge is -2.23. The van der Waals surface area contributed by atoms with Gasteiger partial charge < -0.3 is 0 Å². The maximum absolute atomic E-state index is 12.3. The zero-order valence-corrected chi connectivity index (χ0v) is 11.7. The van der Waals surface area contributed by atoms with E-state index in [1.165, 1.54) is 22.6 Å². The lowest BCUT2D eigenvalue weighted by molar-refractivity contribution is 0.394. The highest BCUT2D eigenvalue weighted by molar-refractivity contribution is 7.99. The SMILES string of the molecule is CN(C1CCSC1)S(=O)(=O)c1ccnc(Cl)c1. The molecular weight excluding hydrogens is 280 g/mol. The smallest absolute Gasteiger partial charge is 0.243 e. The summed E-state index contributed by atoms with van der Waals surface area (Å²) in [5.74, 6) is 1.87. The molecule has 17 heavy (non-hydrogen) atoms. The highest BCUT2D eigenvalue weighted by atomic mass is 35.5. The highest BCUT2D eigenvalue weighted by Crippen LogP contribution is 2.26. The Morgan fingerprint density at radius 1 is 1.59 bits per heavy atom. The van der Waals surface area contributed by atoms with Crippen molar-refractivity contribution in [3.05, 3.63) is 23.5 Å². The van der Waals surface area contributed by atoms with Crippen LogP contribution in [0, 0.1) is 0 Å². The van der Waals surface area contributed by atoms with Crippen LogP contribution in [-0.4, -0.2) is 42.3 Å². The van der Waals surface area contributed by atoms with Crippen LogP contribution in [0.3, 0.4) is 0 Å². The number of hydrogen-bond donors (Lipinski definition) is 0. The molecule has 0 spiro atoms. The zero-order valence-electron chi connectivity index (χ0n) is 9.34. The third-order valence-corrected chi connectivity index (χ3v) is 6.05. The number of sulfonamides is 1. The summed E-state index contributed by atoms with van der Waals surface area (Å²) < 4.78 is 26.0. The topological polar surface area (TPSA) is 50.3 Å².